The number of rotatable bonds is 14. The van der Waals surface area contributed by atoms with E-state index in [0.717, 1.165) is 0 Å². The van der Waals surface area contributed by atoms with Gasteiger partial charge in [0.1, 0.15) is 0 Å². The Hall–Kier alpha value is -0.613. The molecule has 1 N–H and O–H groups in total. The second-order valence-corrected chi connectivity index (χ2v) is 11.0. The zero-order chi connectivity index (χ0) is 17.7. The second kappa shape index (κ2) is 12.8. The topological polar surface area (TPSA) is 46.5 Å². The molecule has 1 unspecified atom stereocenters. The summed E-state index contributed by atoms with van der Waals surface area (Å²) < 4.78 is 6.68. The highest BCUT2D eigenvalue weighted by atomic mass is 28.4. The zero-order valence-electron chi connectivity index (χ0n) is 16.0. The Kier molecular flexibility index (Phi) is 12.4. The van der Waals surface area contributed by atoms with E-state index in [1.165, 1.54) is 56.7 Å². The van der Waals surface area contributed by atoms with Crippen LogP contribution in [0.15, 0.2) is 11.6 Å². The van der Waals surface area contributed by atoms with Crippen LogP contribution in [0.25, 0.3) is 0 Å². The van der Waals surface area contributed by atoms with Gasteiger partial charge in [-0.05, 0) is 38.4 Å². The predicted molar refractivity (Wildman–Crippen MR) is 101 cm³/mol. The van der Waals surface area contributed by atoms with Crippen LogP contribution >= 0.6 is 0 Å². The Bertz CT molecular complexity index is 331. The lowest BCUT2D eigenvalue weighted by molar-refractivity contribution is -0.132. The number of aliphatic carboxylic acids is 1. The molecular weight excluding hydrogens is 304 g/mol. The Morgan fingerprint density at radius 2 is 1.48 bits per heavy atom. The van der Waals surface area contributed by atoms with E-state index in [2.05, 4.69) is 27.7 Å². The summed E-state index contributed by atoms with van der Waals surface area (Å²) in [5, 5.41) is 8.98. The van der Waals surface area contributed by atoms with Crippen molar-refractivity contribution in [1.29, 1.82) is 0 Å². The summed E-state index contributed by atoms with van der Waals surface area (Å²) >= 11 is 0. The van der Waals surface area contributed by atoms with Gasteiger partial charge in [0.2, 0.25) is 0 Å². The van der Waals surface area contributed by atoms with Crippen LogP contribution in [0.5, 0.6) is 0 Å². The number of carbonyl (C=O) groups is 1. The third-order valence-electron chi connectivity index (χ3n) is 4.50. The van der Waals surface area contributed by atoms with Gasteiger partial charge in [0.05, 0.1) is 0 Å². The number of hydrogen-bond acceptors (Lipinski definition) is 2. The van der Waals surface area contributed by atoms with Crippen molar-refractivity contribution in [3.63, 3.8) is 0 Å². The largest absolute Gasteiger partial charge is 0.478 e. The molecule has 3 nitrogen and oxygen atoms in total. The van der Waals surface area contributed by atoms with Crippen molar-refractivity contribution in [3.05, 3.63) is 11.6 Å². The number of carboxylic acids is 1. The van der Waals surface area contributed by atoms with Gasteiger partial charge in [0.25, 0.3) is 0 Å². The Labute approximate surface area is 144 Å². The van der Waals surface area contributed by atoms with Crippen LogP contribution in [0.3, 0.4) is 0 Å². The van der Waals surface area contributed by atoms with Gasteiger partial charge in [0, 0.05) is 11.7 Å². The van der Waals surface area contributed by atoms with Gasteiger partial charge in [-0.1, -0.05) is 65.4 Å². The summed E-state index contributed by atoms with van der Waals surface area (Å²) in [7, 11) is -1.70. The van der Waals surface area contributed by atoms with E-state index in [9.17, 15) is 4.79 Å². The van der Waals surface area contributed by atoms with Gasteiger partial charge in [-0.3, -0.25) is 0 Å². The molecule has 0 aliphatic carbocycles. The Morgan fingerprint density at radius 1 is 1.04 bits per heavy atom. The maximum Gasteiger partial charge on any atom is 0.330 e. The fourth-order valence-electron chi connectivity index (χ4n) is 2.95. The lowest BCUT2D eigenvalue weighted by Gasteiger charge is -2.35. The van der Waals surface area contributed by atoms with Crippen LogP contribution in [0.4, 0.5) is 0 Å². The number of unbranched alkanes of at least 4 members (excludes halogenated alkanes) is 3. The van der Waals surface area contributed by atoms with Crippen LogP contribution in [-0.4, -0.2) is 25.5 Å². The molecule has 0 aliphatic heterocycles. The van der Waals surface area contributed by atoms with E-state index in [1.54, 1.807) is 6.92 Å². The van der Waals surface area contributed by atoms with Crippen molar-refractivity contribution in [2.75, 3.05) is 0 Å². The molecule has 0 aliphatic rings. The third-order valence-corrected chi connectivity index (χ3v) is 9.20. The molecule has 0 spiro atoms. The summed E-state index contributed by atoms with van der Waals surface area (Å²) in [5.74, 6) is -0.830. The van der Waals surface area contributed by atoms with Gasteiger partial charge in [-0.15, -0.1) is 0 Å². The molecule has 0 aromatic heterocycles. The molecule has 136 valence electrons. The molecule has 0 saturated carbocycles. The molecule has 0 rings (SSSR count). The predicted octanol–water partition coefficient (Wildman–Crippen LogP) is 6.16. The molecular formula is C19H38O3Si. The van der Waals surface area contributed by atoms with Crippen LogP contribution in [0, 0.1) is 0 Å². The summed E-state index contributed by atoms with van der Waals surface area (Å²) in [4.78, 5) is 10.9. The molecule has 0 heterocycles. The quantitative estimate of drug-likeness (QED) is 0.304. The van der Waals surface area contributed by atoms with Crippen LogP contribution in [0.1, 0.15) is 79.6 Å². The minimum Gasteiger partial charge on any atom is -0.478 e. The average molecular weight is 343 g/mol. The lowest BCUT2D eigenvalue weighted by atomic mass is 10.2. The summed E-state index contributed by atoms with van der Waals surface area (Å²) in [6, 6.07) is 3.78. The molecule has 0 bridgehead atoms. The van der Waals surface area contributed by atoms with Crippen molar-refractivity contribution >= 4 is 14.3 Å². The highest BCUT2D eigenvalue weighted by Crippen LogP contribution is 2.31. The SMILES string of the molecule is CCCC[Si](CCCC)(CCCC)OC(C)CC=C(C)C(=O)O. The monoisotopic (exact) mass is 342 g/mol. The summed E-state index contributed by atoms with van der Waals surface area (Å²) in [5.41, 5.74) is 0.420. The van der Waals surface area contributed by atoms with Crippen molar-refractivity contribution in [3.8, 4) is 0 Å². The Balaban J connectivity index is 4.91. The molecule has 0 aromatic carbocycles. The molecule has 0 fully saturated rings. The third kappa shape index (κ3) is 9.98. The van der Waals surface area contributed by atoms with Crippen molar-refractivity contribution in [1.82, 2.24) is 0 Å². The second-order valence-electron chi connectivity index (χ2n) is 6.85. The van der Waals surface area contributed by atoms with E-state index >= 15 is 0 Å². The molecule has 4 heteroatoms. The summed E-state index contributed by atoms with van der Waals surface area (Å²) in [6.07, 6.45) is 10.1. The highest BCUT2D eigenvalue weighted by molar-refractivity contribution is 6.73. The van der Waals surface area contributed by atoms with Gasteiger partial charge in [0.15, 0.2) is 8.32 Å². The number of hydrogen-bond donors (Lipinski definition) is 1. The Morgan fingerprint density at radius 3 is 1.83 bits per heavy atom. The molecule has 0 aromatic rings. The van der Waals surface area contributed by atoms with Crippen LogP contribution < -0.4 is 0 Å². The minimum absolute atomic E-state index is 0.126. The first-order chi connectivity index (χ1) is 10.9. The first-order valence-corrected chi connectivity index (χ1v) is 12.0. The zero-order valence-corrected chi connectivity index (χ0v) is 17.0. The molecule has 0 radical (unpaired) electrons. The fraction of sp³-hybridized carbons (Fsp3) is 0.842. The summed E-state index contributed by atoms with van der Waals surface area (Å²) in [6.45, 7) is 10.5. The van der Waals surface area contributed by atoms with Crippen molar-refractivity contribution < 1.29 is 14.3 Å². The van der Waals surface area contributed by atoms with E-state index in [0.29, 0.717) is 12.0 Å². The first kappa shape index (κ1) is 22.4. The number of carboxylic acid groups (broad SMARTS) is 1. The van der Waals surface area contributed by atoms with Gasteiger partial charge in [-0.2, -0.15) is 0 Å². The van der Waals surface area contributed by atoms with Crippen LogP contribution in [-0.2, 0) is 9.22 Å². The van der Waals surface area contributed by atoms with Gasteiger partial charge < -0.3 is 9.53 Å². The van der Waals surface area contributed by atoms with Crippen LogP contribution in [0.2, 0.25) is 18.1 Å². The van der Waals surface area contributed by atoms with E-state index in [1.807, 2.05) is 6.08 Å². The van der Waals surface area contributed by atoms with Gasteiger partial charge >= 0.3 is 5.97 Å². The maximum absolute atomic E-state index is 10.9. The smallest absolute Gasteiger partial charge is 0.330 e. The fourth-order valence-corrected chi connectivity index (χ4v) is 8.00. The lowest BCUT2D eigenvalue weighted by Crippen LogP contribution is -2.41. The highest BCUT2D eigenvalue weighted by Gasteiger charge is 2.34. The molecule has 0 amide bonds. The van der Waals surface area contributed by atoms with Crippen molar-refractivity contribution in [2.24, 2.45) is 0 Å². The molecule has 1 atom stereocenters. The standard InChI is InChI=1S/C19H38O3Si/c1-6-9-14-23(15-10-7-2,16-11-8-3)22-18(5)13-12-17(4)19(20)21/h12,18H,6-11,13-16H2,1-5H3,(H,20,21). The van der Waals surface area contributed by atoms with E-state index in [4.69, 9.17) is 9.53 Å². The maximum atomic E-state index is 10.9. The average Bonchev–Trinajstić information content (AvgIpc) is 2.53. The first-order valence-electron chi connectivity index (χ1n) is 9.48. The molecule has 0 saturated heterocycles. The molecule has 23 heavy (non-hydrogen) atoms. The minimum atomic E-state index is -1.70. The van der Waals surface area contributed by atoms with Crippen molar-refractivity contribution in [2.45, 2.75) is 104 Å². The van der Waals surface area contributed by atoms with E-state index in [-0.39, 0.29) is 6.10 Å². The van der Waals surface area contributed by atoms with Gasteiger partial charge in [-0.25, -0.2) is 4.79 Å². The van der Waals surface area contributed by atoms with E-state index < -0.39 is 14.3 Å². The normalized spacial score (nSPS) is 14.0.